The third kappa shape index (κ3) is 3.15. The van der Waals surface area contributed by atoms with E-state index in [1.165, 1.54) is 4.90 Å². The molecular formula is C10H16N4O3S. The summed E-state index contributed by atoms with van der Waals surface area (Å²) in [6, 6.07) is -0.255. The summed E-state index contributed by atoms with van der Waals surface area (Å²) >= 11 is 1.09. The van der Waals surface area contributed by atoms with Gasteiger partial charge in [-0.25, -0.2) is 4.79 Å². The molecule has 1 aromatic rings. The first-order chi connectivity index (χ1) is 8.63. The van der Waals surface area contributed by atoms with E-state index < -0.39 is 5.60 Å². The van der Waals surface area contributed by atoms with Gasteiger partial charge in [0.1, 0.15) is 5.60 Å². The molecule has 1 fully saturated rings. The highest BCUT2D eigenvalue weighted by atomic mass is 32.1. The lowest BCUT2D eigenvalue weighted by Crippen LogP contribution is -2.54. The fourth-order valence-electron chi connectivity index (χ4n) is 1.95. The summed E-state index contributed by atoms with van der Waals surface area (Å²) in [5, 5.41) is 21.8. The minimum atomic E-state index is -1.17. The van der Waals surface area contributed by atoms with Gasteiger partial charge in [-0.15, -0.1) is 0 Å². The predicted octanol–water partition coefficient (Wildman–Crippen LogP) is -0.433. The van der Waals surface area contributed by atoms with E-state index in [2.05, 4.69) is 14.1 Å². The van der Waals surface area contributed by atoms with Crippen LogP contribution in [0.3, 0.4) is 0 Å². The number of nitrogens with one attached hydrogen (secondary N) is 1. The molecule has 1 aliphatic heterocycles. The molecule has 2 amide bonds. The lowest BCUT2D eigenvalue weighted by Gasteiger charge is -2.37. The first-order valence-electron chi connectivity index (χ1n) is 5.75. The number of carbonyl (C=O) groups excluding carboxylic acids is 1. The minimum Gasteiger partial charge on any atom is -0.393 e. The van der Waals surface area contributed by atoms with Gasteiger partial charge < -0.3 is 20.4 Å². The summed E-state index contributed by atoms with van der Waals surface area (Å²) in [6.07, 6.45) is 2.80. The van der Waals surface area contributed by atoms with Gasteiger partial charge in [0.2, 0.25) is 0 Å². The number of piperidine rings is 1. The molecule has 1 aromatic heterocycles. The highest BCUT2D eigenvalue weighted by molar-refractivity contribution is 6.99. The van der Waals surface area contributed by atoms with E-state index in [0.29, 0.717) is 31.6 Å². The molecule has 2 rings (SSSR count). The molecule has 1 atom stereocenters. The molecule has 0 aromatic carbocycles. The average molecular weight is 272 g/mol. The van der Waals surface area contributed by atoms with Crippen molar-refractivity contribution >= 4 is 17.8 Å². The van der Waals surface area contributed by atoms with Crippen LogP contribution < -0.4 is 5.32 Å². The molecular weight excluding hydrogens is 256 g/mol. The highest BCUT2D eigenvalue weighted by Crippen LogP contribution is 2.20. The predicted molar refractivity (Wildman–Crippen MR) is 65.0 cm³/mol. The second-order valence-corrected chi connectivity index (χ2v) is 5.02. The van der Waals surface area contributed by atoms with Crippen LogP contribution in [0, 0.1) is 0 Å². The first-order valence-corrected chi connectivity index (χ1v) is 6.48. The van der Waals surface area contributed by atoms with Gasteiger partial charge in [0.05, 0.1) is 43.3 Å². The quantitative estimate of drug-likeness (QED) is 0.693. The van der Waals surface area contributed by atoms with E-state index in [4.69, 9.17) is 5.11 Å². The second kappa shape index (κ2) is 5.59. The molecule has 1 saturated heterocycles. The van der Waals surface area contributed by atoms with Gasteiger partial charge in [-0.2, -0.15) is 8.75 Å². The summed E-state index contributed by atoms with van der Waals surface area (Å²) < 4.78 is 7.83. The van der Waals surface area contributed by atoms with Crippen molar-refractivity contribution in [2.24, 2.45) is 0 Å². The summed E-state index contributed by atoms with van der Waals surface area (Å²) in [4.78, 5) is 13.4. The van der Waals surface area contributed by atoms with Crippen LogP contribution in [0.2, 0.25) is 0 Å². The fraction of sp³-hybridized carbons (Fsp3) is 0.700. The lowest BCUT2D eigenvalue weighted by molar-refractivity contribution is -0.0569. The maximum absolute atomic E-state index is 11.9. The van der Waals surface area contributed by atoms with Gasteiger partial charge in [-0.05, 0) is 12.8 Å². The molecule has 2 heterocycles. The Labute approximate surface area is 109 Å². The number of aliphatic hydroxyl groups is 2. The van der Waals surface area contributed by atoms with Gasteiger partial charge in [0.15, 0.2) is 0 Å². The Morgan fingerprint density at radius 3 is 3.17 bits per heavy atom. The number of aromatic nitrogens is 2. The standard InChI is InChI=1S/C10H16N4O3S/c15-7-10(17)2-1-3-14(6-10)9(16)11-4-8-5-12-18-13-8/h5,15,17H,1-4,6-7H2,(H,11,16). The molecule has 0 radical (unpaired) electrons. The zero-order valence-electron chi connectivity index (χ0n) is 9.87. The summed E-state index contributed by atoms with van der Waals surface area (Å²) in [5.74, 6) is 0. The smallest absolute Gasteiger partial charge is 0.317 e. The zero-order valence-corrected chi connectivity index (χ0v) is 10.7. The molecule has 8 heteroatoms. The Morgan fingerprint density at radius 2 is 2.50 bits per heavy atom. The zero-order chi connectivity index (χ0) is 13.0. The van der Waals surface area contributed by atoms with Gasteiger partial charge in [0, 0.05) is 6.54 Å². The number of rotatable bonds is 3. The third-order valence-electron chi connectivity index (χ3n) is 2.96. The lowest BCUT2D eigenvalue weighted by atomic mass is 9.94. The van der Waals surface area contributed by atoms with Gasteiger partial charge in [0.25, 0.3) is 0 Å². The van der Waals surface area contributed by atoms with Crippen LogP contribution in [0.5, 0.6) is 0 Å². The van der Waals surface area contributed by atoms with E-state index in [0.717, 1.165) is 11.7 Å². The van der Waals surface area contributed by atoms with E-state index in [1.807, 2.05) is 0 Å². The normalized spacial score (nSPS) is 24.0. The van der Waals surface area contributed by atoms with Crippen molar-refractivity contribution < 1.29 is 15.0 Å². The Balaban J connectivity index is 1.85. The van der Waals surface area contributed by atoms with Crippen LogP contribution in [0.15, 0.2) is 6.20 Å². The van der Waals surface area contributed by atoms with E-state index in [-0.39, 0.29) is 19.2 Å². The maximum atomic E-state index is 11.9. The number of hydrogen-bond acceptors (Lipinski definition) is 6. The Bertz CT molecular complexity index is 400. The van der Waals surface area contributed by atoms with E-state index in [9.17, 15) is 9.90 Å². The highest BCUT2D eigenvalue weighted by Gasteiger charge is 2.34. The molecule has 18 heavy (non-hydrogen) atoms. The monoisotopic (exact) mass is 272 g/mol. The van der Waals surface area contributed by atoms with Gasteiger partial charge in [-0.1, -0.05) is 0 Å². The largest absolute Gasteiger partial charge is 0.393 e. The van der Waals surface area contributed by atoms with Crippen LogP contribution in [-0.2, 0) is 6.54 Å². The molecule has 7 nitrogen and oxygen atoms in total. The van der Waals surface area contributed by atoms with Crippen LogP contribution in [-0.4, -0.2) is 55.2 Å². The molecule has 0 bridgehead atoms. The van der Waals surface area contributed by atoms with Crippen LogP contribution >= 0.6 is 11.7 Å². The van der Waals surface area contributed by atoms with Crippen molar-refractivity contribution in [3.63, 3.8) is 0 Å². The van der Waals surface area contributed by atoms with Gasteiger partial charge >= 0.3 is 6.03 Å². The van der Waals surface area contributed by atoms with Crippen LogP contribution in [0.1, 0.15) is 18.5 Å². The first kappa shape index (κ1) is 13.2. The molecule has 3 N–H and O–H groups in total. The van der Waals surface area contributed by atoms with E-state index in [1.54, 1.807) is 6.20 Å². The summed E-state index contributed by atoms with van der Waals surface area (Å²) in [7, 11) is 0. The van der Waals surface area contributed by atoms with Crippen LogP contribution in [0.4, 0.5) is 4.79 Å². The molecule has 1 aliphatic rings. The topological polar surface area (TPSA) is 98.6 Å². The number of aliphatic hydroxyl groups excluding tert-OH is 1. The number of nitrogens with zero attached hydrogens (tertiary/aromatic N) is 3. The Morgan fingerprint density at radius 1 is 1.67 bits per heavy atom. The molecule has 0 aliphatic carbocycles. The minimum absolute atomic E-state index is 0.157. The Hall–Kier alpha value is -1.25. The molecule has 1 unspecified atom stereocenters. The van der Waals surface area contributed by atoms with Crippen molar-refractivity contribution in [3.8, 4) is 0 Å². The Kier molecular flexibility index (Phi) is 4.10. The van der Waals surface area contributed by atoms with E-state index >= 15 is 0 Å². The number of hydrogen-bond donors (Lipinski definition) is 3. The third-order valence-corrected chi connectivity index (χ3v) is 3.48. The number of likely N-dealkylation sites (tertiary alicyclic amines) is 1. The number of urea groups is 1. The molecule has 100 valence electrons. The number of carbonyl (C=O) groups is 1. The van der Waals surface area contributed by atoms with Gasteiger partial charge in [-0.3, -0.25) is 0 Å². The average Bonchev–Trinajstić information content (AvgIpc) is 2.89. The maximum Gasteiger partial charge on any atom is 0.317 e. The van der Waals surface area contributed by atoms with Crippen molar-refractivity contribution in [1.29, 1.82) is 0 Å². The summed E-state index contributed by atoms with van der Waals surface area (Å²) in [6.45, 7) is 0.740. The fourth-order valence-corrected chi connectivity index (χ4v) is 2.39. The van der Waals surface area contributed by atoms with Crippen LogP contribution in [0.25, 0.3) is 0 Å². The van der Waals surface area contributed by atoms with Crippen molar-refractivity contribution in [2.75, 3.05) is 19.7 Å². The molecule has 0 saturated carbocycles. The van der Waals surface area contributed by atoms with Crippen molar-refractivity contribution in [1.82, 2.24) is 19.0 Å². The number of β-amino-alcohol motifs (C(OH)–C–C–N with tert-alkyl or cyclic N) is 1. The SMILES string of the molecule is O=C(NCc1cnsn1)N1CCCC(O)(CO)C1. The van der Waals surface area contributed by atoms with Crippen molar-refractivity contribution in [3.05, 3.63) is 11.9 Å². The second-order valence-electron chi connectivity index (χ2n) is 4.47. The number of amides is 2. The molecule has 0 spiro atoms. The van der Waals surface area contributed by atoms with Crippen molar-refractivity contribution in [2.45, 2.75) is 25.0 Å². The summed E-state index contributed by atoms with van der Waals surface area (Å²) in [5.41, 5.74) is -0.458.